The van der Waals surface area contributed by atoms with Crippen LogP contribution in [-0.2, 0) is 4.74 Å². The lowest BCUT2D eigenvalue weighted by Gasteiger charge is -2.10. The highest BCUT2D eigenvalue weighted by molar-refractivity contribution is 5.23. The molecule has 14 heavy (non-hydrogen) atoms. The lowest BCUT2D eigenvalue weighted by atomic mass is 10.1. The summed E-state index contributed by atoms with van der Waals surface area (Å²) in [6.45, 7) is 0. The maximum absolute atomic E-state index is 12.9. The number of benzene rings is 1. The molecule has 3 nitrogen and oxygen atoms in total. The highest BCUT2D eigenvalue weighted by Crippen LogP contribution is 2.32. The Bertz CT molecular complexity index is 375. The number of hydrogen-bond acceptors (Lipinski definition) is 3. The zero-order valence-electron chi connectivity index (χ0n) is 7.40. The summed E-state index contributed by atoms with van der Waals surface area (Å²) in [5.41, 5.74) is 6.04. The van der Waals surface area contributed by atoms with E-state index in [-0.39, 0.29) is 23.6 Å². The van der Waals surface area contributed by atoms with Crippen LogP contribution in [0.4, 0.5) is 4.39 Å². The molecule has 0 saturated heterocycles. The van der Waals surface area contributed by atoms with Gasteiger partial charge in [0.25, 0.3) is 0 Å². The first-order chi connectivity index (χ1) is 6.66. The van der Waals surface area contributed by atoms with Gasteiger partial charge in [0.05, 0.1) is 6.42 Å². The lowest BCUT2D eigenvalue weighted by Crippen LogP contribution is -2.02. The van der Waals surface area contributed by atoms with Crippen LogP contribution in [0.1, 0.15) is 18.1 Å². The van der Waals surface area contributed by atoms with Crippen molar-refractivity contribution in [3.05, 3.63) is 47.3 Å². The van der Waals surface area contributed by atoms with E-state index in [0.717, 1.165) is 0 Å². The molecule has 4 heteroatoms. The molecule has 2 rings (SSSR count). The van der Waals surface area contributed by atoms with E-state index in [2.05, 4.69) is 0 Å². The Hall–Kier alpha value is -1.71. The summed E-state index contributed by atoms with van der Waals surface area (Å²) in [5, 5.41) is 9.23. The second-order valence-corrected chi connectivity index (χ2v) is 3.18. The lowest BCUT2D eigenvalue weighted by molar-refractivity contribution is 0.143. The van der Waals surface area contributed by atoms with E-state index in [0.29, 0.717) is 12.0 Å². The summed E-state index contributed by atoms with van der Waals surface area (Å²) >= 11 is 0. The Morgan fingerprint density at radius 3 is 2.86 bits per heavy atom. The van der Waals surface area contributed by atoms with Crippen molar-refractivity contribution in [2.24, 2.45) is 5.73 Å². The van der Waals surface area contributed by atoms with E-state index in [1.165, 1.54) is 12.1 Å². The fourth-order valence-corrected chi connectivity index (χ4v) is 1.43. The van der Waals surface area contributed by atoms with E-state index in [1.807, 2.05) is 0 Å². The van der Waals surface area contributed by atoms with E-state index in [4.69, 9.17) is 10.5 Å². The fraction of sp³-hybridized carbons (Fsp3) is 0.200. The van der Waals surface area contributed by atoms with E-state index in [9.17, 15) is 9.50 Å². The minimum atomic E-state index is -0.370. The topological polar surface area (TPSA) is 55.5 Å². The molecular weight excluding hydrogens is 185 g/mol. The third kappa shape index (κ3) is 1.51. The van der Waals surface area contributed by atoms with Crippen LogP contribution in [0.3, 0.4) is 0 Å². The fourth-order valence-electron chi connectivity index (χ4n) is 1.43. The smallest absolute Gasteiger partial charge is 0.223 e. The van der Waals surface area contributed by atoms with Gasteiger partial charge in [-0.3, -0.25) is 0 Å². The average Bonchev–Trinajstić information content (AvgIpc) is 2.47. The summed E-state index contributed by atoms with van der Waals surface area (Å²) in [5.74, 6) is -0.269. The highest BCUT2D eigenvalue weighted by Gasteiger charge is 2.25. The first kappa shape index (κ1) is 8.87. The van der Waals surface area contributed by atoms with E-state index < -0.39 is 0 Å². The molecular formula is C10H10FNO2. The number of nitrogens with two attached hydrogens (primary N) is 1. The van der Waals surface area contributed by atoms with Gasteiger partial charge in [-0.05, 0) is 17.7 Å². The molecule has 0 radical (unpaired) electrons. The van der Waals surface area contributed by atoms with Crippen LogP contribution in [-0.4, -0.2) is 5.11 Å². The second kappa shape index (κ2) is 3.21. The van der Waals surface area contributed by atoms with Gasteiger partial charge in [0.15, 0.2) is 5.76 Å². The number of hydrogen-bond donors (Lipinski definition) is 2. The van der Waals surface area contributed by atoms with Crippen molar-refractivity contribution in [1.29, 1.82) is 0 Å². The minimum absolute atomic E-state index is 0.0271. The van der Waals surface area contributed by atoms with Crippen molar-refractivity contribution < 1.29 is 14.2 Å². The standard InChI is InChI=1S/C10H10FNO2/c11-7-3-1-2-6(4-7)9-5-8(13)10(12)14-9/h1-4,9,13H,5,12H2. The molecule has 1 aromatic carbocycles. The Labute approximate surface area is 80.6 Å². The maximum Gasteiger partial charge on any atom is 0.223 e. The summed E-state index contributed by atoms with van der Waals surface area (Å²) in [4.78, 5) is 0. The molecule has 1 heterocycles. The van der Waals surface area contributed by atoms with Gasteiger partial charge in [-0.2, -0.15) is 0 Å². The van der Waals surface area contributed by atoms with Crippen LogP contribution in [0, 0.1) is 5.82 Å². The van der Waals surface area contributed by atoms with Gasteiger partial charge in [0.1, 0.15) is 11.9 Å². The van der Waals surface area contributed by atoms with Crippen LogP contribution >= 0.6 is 0 Å². The summed E-state index contributed by atoms with van der Waals surface area (Å²) in [6.07, 6.45) is -0.0688. The molecule has 0 fully saturated rings. The Morgan fingerprint density at radius 1 is 1.50 bits per heavy atom. The van der Waals surface area contributed by atoms with Gasteiger partial charge in [0.2, 0.25) is 5.88 Å². The zero-order valence-corrected chi connectivity index (χ0v) is 7.40. The Morgan fingerprint density at radius 2 is 2.29 bits per heavy atom. The normalized spacial score (nSPS) is 21.1. The van der Waals surface area contributed by atoms with Gasteiger partial charge in [0, 0.05) is 0 Å². The average molecular weight is 195 g/mol. The van der Waals surface area contributed by atoms with Crippen molar-refractivity contribution in [2.75, 3.05) is 0 Å². The monoisotopic (exact) mass is 195 g/mol. The van der Waals surface area contributed by atoms with Gasteiger partial charge < -0.3 is 15.6 Å². The van der Waals surface area contributed by atoms with E-state index in [1.54, 1.807) is 12.1 Å². The Kier molecular flexibility index (Phi) is 2.04. The van der Waals surface area contributed by atoms with Crippen LogP contribution < -0.4 is 5.73 Å². The van der Waals surface area contributed by atoms with Gasteiger partial charge in [-0.25, -0.2) is 4.39 Å². The molecule has 1 aliphatic heterocycles. The number of aliphatic hydroxyl groups excluding tert-OH is 1. The van der Waals surface area contributed by atoms with Crippen molar-refractivity contribution in [2.45, 2.75) is 12.5 Å². The van der Waals surface area contributed by atoms with Crippen LogP contribution in [0.5, 0.6) is 0 Å². The minimum Gasteiger partial charge on any atom is -0.507 e. The molecule has 1 aromatic rings. The van der Waals surface area contributed by atoms with Gasteiger partial charge >= 0.3 is 0 Å². The number of aliphatic hydroxyl groups is 1. The van der Waals surface area contributed by atoms with Crippen LogP contribution in [0.2, 0.25) is 0 Å². The third-order valence-corrected chi connectivity index (χ3v) is 2.15. The van der Waals surface area contributed by atoms with E-state index >= 15 is 0 Å². The SMILES string of the molecule is NC1=C(O)CC(c2cccc(F)c2)O1. The molecule has 0 saturated carbocycles. The molecule has 0 spiro atoms. The summed E-state index contributed by atoms with van der Waals surface area (Å²) in [6, 6.07) is 6.06. The van der Waals surface area contributed by atoms with Gasteiger partial charge in [-0.15, -0.1) is 0 Å². The van der Waals surface area contributed by atoms with Crippen LogP contribution in [0.15, 0.2) is 35.9 Å². The molecule has 0 amide bonds. The molecule has 3 N–H and O–H groups in total. The highest BCUT2D eigenvalue weighted by atomic mass is 19.1. The number of ether oxygens (including phenoxy) is 1. The van der Waals surface area contributed by atoms with Crippen LogP contribution in [0.25, 0.3) is 0 Å². The predicted molar refractivity (Wildman–Crippen MR) is 48.7 cm³/mol. The van der Waals surface area contributed by atoms with Gasteiger partial charge in [-0.1, -0.05) is 12.1 Å². The largest absolute Gasteiger partial charge is 0.507 e. The van der Waals surface area contributed by atoms with Crippen molar-refractivity contribution in [3.8, 4) is 0 Å². The molecule has 1 atom stereocenters. The molecule has 0 bridgehead atoms. The van der Waals surface area contributed by atoms with Crippen molar-refractivity contribution in [3.63, 3.8) is 0 Å². The molecule has 1 aliphatic rings. The second-order valence-electron chi connectivity index (χ2n) is 3.18. The van der Waals surface area contributed by atoms with Crippen molar-refractivity contribution in [1.82, 2.24) is 0 Å². The number of rotatable bonds is 1. The summed E-state index contributed by atoms with van der Waals surface area (Å²) < 4.78 is 18.0. The first-order valence-electron chi connectivity index (χ1n) is 4.26. The third-order valence-electron chi connectivity index (χ3n) is 2.15. The molecule has 0 aliphatic carbocycles. The molecule has 1 unspecified atom stereocenters. The Balaban J connectivity index is 2.20. The molecule has 74 valence electrons. The first-order valence-corrected chi connectivity index (χ1v) is 4.26. The van der Waals surface area contributed by atoms with Crippen molar-refractivity contribution >= 4 is 0 Å². The molecule has 0 aromatic heterocycles. The summed E-state index contributed by atoms with van der Waals surface area (Å²) in [7, 11) is 0. The quantitative estimate of drug-likeness (QED) is 0.720. The zero-order chi connectivity index (χ0) is 10.1. The maximum atomic E-state index is 12.9. The number of halogens is 1. The predicted octanol–water partition coefficient (Wildman–Crippen LogP) is 1.97.